The van der Waals surface area contributed by atoms with Crippen molar-refractivity contribution in [3.05, 3.63) is 61.8 Å². The molecule has 6 heteroatoms. The van der Waals surface area contributed by atoms with Gasteiger partial charge in [0.05, 0.1) is 6.04 Å². The van der Waals surface area contributed by atoms with Gasteiger partial charge in [-0.1, -0.05) is 24.3 Å². The fourth-order valence-corrected chi connectivity index (χ4v) is 3.58. The summed E-state index contributed by atoms with van der Waals surface area (Å²) in [4.78, 5) is 29.8. The topological polar surface area (TPSA) is 77.8 Å². The third-order valence-electron chi connectivity index (χ3n) is 4.56. The van der Waals surface area contributed by atoms with Gasteiger partial charge in [0.2, 0.25) is 5.91 Å². The van der Waals surface area contributed by atoms with Crippen LogP contribution in [0.3, 0.4) is 0 Å². The van der Waals surface area contributed by atoms with Crippen LogP contribution in [0.25, 0.3) is 0 Å². The summed E-state index contributed by atoms with van der Waals surface area (Å²) >= 11 is 4.94. The predicted molar refractivity (Wildman–Crippen MR) is 95.6 cm³/mol. The largest absolute Gasteiger partial charge is 0.349 e. The van der Waals surface area contributed by atoms with Gasteiger partial charge in [0.1, 0.15) is 0 Å². The molecule has 0 aliphatic heterocycles. The zero-order valence-corrected chi connectivity index (χ0v) is 14.5. The number of hydrogen-bond acceptors (Lipinski definition) is 3. The van der Waals surface area contributed by atoms with E-state index in [0.29, 0.717) is 16.8 Å². The van der Waals surface area contributed by atoms with Crippen LogP contribution in [0.4, 0.5) is 0 Å². The maximum atomic E-state index is 12.3. The highest BCUT2D eigenvalue weighted by Gasteiger charge is 2.21. The molecule has 0 bridgehead atoms. The number of H-pyrrole nitrogens is 2. The number of carbonyl (C=O) groups is 1. The molecule has 1 amide bonds. The summed E-state index contributed by atoms with van der Waals surface area (Å²) < 4.78 is 0.310. The fourth-order valence-electron chi connectivity index (χ4n) is 3.34. The molecule has 3 rings (SSSR count). The zero-order chi connectivity index (χ0) is 17.1. The number of benzene rings is 1. The lowest BCUT2D eigenvalue weighted by Crippen LogP contribution is -2.31. The summed E-state index contributed by atoms with van der Waals surface area (Å²) in [5.74, 6) is -0.0297. The molecule has 0 spiro atoms. The average molecular weight is 343 g/mol. The van der Waals surface area contributed by atoms with Crippen LogP contribution in [0.1, 0.15) is 47.7 Å². The van der Waals surface area contributed by atoms with Gasteiger partial charge < -0.3 is 10.3 Å². The van der Waals surface area contributed by atoms with Gasteiger partial charge in [-0.2, -0.15) is 0 Å². The Kier molecular flexibility index (Phi) is 4.94. The minimum atomic E-state index is -0.216. The van der Waals surface area contributed by atoms with Crippen LogP contribution in [0.5, 0.6) is 0 Å². The first-order valence-corrected chi connectivity index (χ1v) is 8.64. The molecule has 3 N–H and O–H groups in total. The highest BCUT2D eigenvalue weighted by atomic mass is 32.1. The van der Waals surface area contributed by atoms with Gasteiger partial charge in [0.15, 0.2) is 4.77 Å². The van der Waals surface area contributed by atoms with Gasteiger partial charge in [0, 0.05) is 17.7 Å². The van der Waals surface area contributed by atoms with Crippen molar-refractivity contribution in [2.24, 2.45) is 0 Å². The Hall–Kier alpha value is -2.21. The third kappa shape index (κ3) is 3.64. The second kappa shape index (κ2) is 7.13. The molecule has 1 aliphatic rings. The zero-order valence-electron chi connectivity index (χ0n) is 13.6. The summed E-state index contributed by atoms with van der Waals surface area (Å²) in [5, 5.41) is 3.11. The first-order chi connectivity index (χ1) is 11.5. The van der Waals surface area contributed by atoms with Crippen molar-refractivity contribution >= 4 is 18.1 Å². The van der Waals surface area contributed by atoms with E-state index in [1.54, 1.807) is 6.92 Å². The molecular formula is C18H21N3O2S. The number of carbonyl (C=O) groups excluding carboxylic acids is 1. The maximum absolute atomic E-state index is 12.3. The SMILES string of the molecule is Cc1[nH]c(=S)[nH]c(=O)c1CCC(=O)N[C@@H]1CCCc2ccccc21. The Morgan fingerprint density at radius 2 is 2.12 bits per heavy atom. The minimum absolute atomic E-state index is 0.0297. The number of nitrogens with one attached hydrogen (secondary N) is 3. The quantitative estimate of drug-likeness (QED) is 0.747. The van der Waals surface area contributed by atoms with E-state index < -0.39 is 0 Å². The third-order valence-corrected chi connectivity index (χ3v) is 4.77. The molecule has 24 heavy (non-hydrogen) atoms. The van der Waals surface area contributed by atoms with Gasteiger partial charge in [0.25, 0.3) is 5.56 Å². The van der Waals surface area contributed by atoms with Crippen LogP contribution >= 0.6 is 12.2 Å². The molecule has 1 aliphatic carbocycles. The molecule has 0 unspecified atom stereocenters. The summed E-state index contributed by atoms with van der Waals surface area (Å²) in [6.45, 7) is 1.80. The monoisotopic (exact) mass is 343 g/mol. The smallest absolute Gasteiger partial charge is 0.255 e. The van der Waals surface area contributed by atoms with Crippen LogP contribution in [0.15, 0.2) is 29.1 Å². The second-order valence-electron chi connectivity index (χ2n) is 6.22. The van der Waals surface area contributed by atoms with Gasteiger partial charge >= 0.3 is 0 Å². The van der Waals surface area contributed by atoms with Crippen LogP contribution in [-0.4, -0.2) is 15.9 Å². The molecule has 0 saturated heterocycles. The van der Waals surface area contributed by atoms with Crippen LogP contribution in [0, 0.1) is 11.7 Å². The van der Waals surface area contributed by atoms with Crippen molar-refractivity contribution in [3.8, 4) is 0 Å². The molecule has 0 saturated carbocycles. The molecule has 1 heterocycles. The van der Waals surface area contributed by atoms with Crippen molar-refractivity contribution in [1.29, 1.82) is 0 Å². The van der Waals surface area contributed by atoms with Crippen LogP contribution in [-0.2, 0) is 17.6 Å². The summed E-state index contributed by atoms with van der Waals surface area (Å²) in [7, 11) is 0. The van der Waals surface area contributed by atoms with Crippen molar-refractivity contribution < 1.29 is 4.79 Å². The van der Waals surface area contributed by atoms with E-state index in [2.05, 4.69) is 27.4 Å². The summed E-state index contributed by atoms with van der Waals surface area (Å²) in [5.41, 5.74) is 3.63. The van der Waals surface area contributed by atoms with Crippen molar-refractivity contribution in [2.45, 2.75) is 45.1 Å². The Labute approximate surface area is 145 Å². The van der Waals surface area contributed by atoms with E-state index in [0.717, 1.165) is 25.0 Å². The first kappa shape index (κ1) is 16.6. The second-order valence-corrected chi connectivity index (χ2v) is 6.63. The highest BCUT2D eigenvalue weighted by molar-refractivity contribution is 7.71. The van der Waals surface area contributed by atoms with Gasteiger partial charge in [-0.3, -0.25) is 14.6 Å². The number of aromatic nitrogens is 2. The van der Waals surface area contributed by atoms with Crippen molar-refractivity contribution in [1.82, 2.24) is 15.3 Å². The number of aryl methyl sites for hydroxylation is 2. The molecule has 1 atom stereocenters. The lowest BCUT2D eigenvalue weighted by atomic mass is 9.87. The molecule has 126 valence electrons. The minimum Gasteiger partial charge on any atom is -0.349 e. The Balaban J connectivity index is 1.65. The maximum Gasteiger partial charge on any atom is 0.255 e. The van der Waals surface area contributed by atoms with E-state index in [-0.39, 0.29) is 23.9 Å². The average Bonchev–Trinajstić information content (AvgIpc) is 2.54. The van der Waals surface area contributed by atoms with E-state index >= 15 is 0 Å². The number of fused-ring (bicyclic) bond motifs is 1. The highest BCUT2D eigenvalue weighted by Crippen LogP contribution is 2.29. The van der Waals surface area contributed by atoms with Gasteiger partial charge in [-0.05, 0) is 56.0 Å². The number of rotatable bonds is 4. The number of aromatic amines is 2. The molecule has 2 aromatic rings. The van der Waals surface area contributed by atoms with Gasteiger partial charge in [-0.25, -0.2) is 0 Å². The van der Waals surface area contributed by atoms with Crippen molar-refractivity contribution in [3.63, 3.8) is 0 Å². The summed E-state index contributed by atoms with van der Waals surface area (Å²) in [6.07, 6.45) is 3.79. The van der Waals surface area contributed by atoms with E-state index in [4.69, 9.17) is 12.2 Å². The lowest BCUT2D eigenvalue weighted by molar-refractivity contribution is -0.121. The molecule has 0 radical (unpaired) electrons. The number of amides is 1. The van der Waals surface area contributed by atoms with Gasteiger partial charge in [-0.15, -0.1) is 0 Å². The molecular weight excluding hydrogens is 322 g/mol. The Morgan fingerprint density at radius 1 is 1.33 bits per heavy atom. The normalized spacial score (nSPS) is 16.5. The van der Waals surface area contributed by atoms with Crippen molar-refractivity contribution in [2.75, 3.05) is 0 Å². The van der Waals surface area contributed by atoms with E-state index in [9.17, 15) is 9.59 Å². The molecule has 1 aromatic carbocycles. The van der Waals surface area contributed by atoms with Crippen LogP contribution < -0.4 is 10.9 Å². The molecule has 5 nitrogen and oxygen atoms in total. The lowest BCUT2D eigenvalue weighted by Gasteiger charge is -2.26. The van der Waals surface area contributed by atoms with Crippen LogP contribution in [0.2, 0.25) is 0 Å². The standard InChI is InChI=1S/C18H21N3O2S/c1-11-13(17(23)21-18(24)19-11)9-10-16(22)20-15-8-4-6-12-5-2-3-7-14(12)15/h2-3,5,7,15H,4,6,8-10H2,1H3,(H,20,22)(H2,19,21,23,24)/t15-/m1/s1. The predicted octanol–water partition coefficient (Wildman–Crippen LogP) is 2.87. The Morgan fingerprint density at radius 3 is 2.92 bits per heavy atom. The number of hydrogen-bond donors (Lipinski definition) is 3. The molecule has 0 fully saturated rings. The summed E-state index contributed by atoms with van der Waals surface area (Å²) in [6, 6.07) is 8.34. The Bertz CT molecular complexity index is 869. The van der Waals surface area contributed by atoms with E-state index in [1.165, 1.54) is 11.1 Å². The van der Waals surface area contributed by atoms with E-state index in [1.807, 2.05) is 12.1 Å². The fraction of sp³-hybridized carbons (Fsp3) is 0.389. The molecule has 1 aromatic heterocycles. The first-order valence-electron chi connectivity index (χ1n) is 8.24.